The molecule has 2 atom stereocenters. The Labute approximate surface area is 81.1 Å². The van der Waals surface area contributed by atoms with Crippen LogP contribution in [-0.4, -0.2) is 5.54 Å². The van der Waals surface area contributed by atoms with Crippen molar-refractivity contribution in [2.75, 3.05) is 0 Å². The van der Waals surface area contributed by atoms with E-state index in [1.54, 1.807) is 0 Å². The topological polar surface area (TPSA) is 49.8 Å². The first-order valence-electron chi connectivity index (χ1n) is 5.30. The third kappa shape index (κ3) is 2.22. The van der Waals surface area contributed by atoms with E-state index in [1.807, 2.05) is 0 Å². The summed E-state index contributed by atoms with van der Waals surface area (Å²) in [5, 5.41) is 9.12. The van der Waals surface area contributed by atoms with Gasteiger partial charge in [0, 0.05) is 0 Å². The van der Waals surface area contributed by atoms with Gasteiger partial charge in [0.25, 0.3) is 0 Å². The van der Waals surface area contributed by atoms with E-state index >= 15 is 0 Å². The molecule has 1 aliphatic carbocycles. The Balaban J connectivity index is 2.80. The molecule has 0 aromatic rings. The molecule has 1 rings (SSSR count). The molecule has 0 saturated heterocycles. The normalized spacial score (nSPS) is 35.5. The first kappa shape index (κ1) is 10.5. The molecule has 2 unspecified atom stereocenters. The van der Waals surface area contributed by atoms with Gasteiger partial charge in [-0.05, 0) is 24.7 Å². The second kappa shape index (κ2) is 4.11. The van der Waals surface area contributed by atoms with Crippen molar-refractivity contribution in [2.24, 2.45) is 17.6 Å². The number of hydrogen-bond donors (Lipinski definition) is 1. The number of hydrogen-bond acceptors (Lipinski definition) is 2. The Morgan fingerprint density at radius 2 is 2.08 bits per heavy atom. The molecule has 0 heterocycles. The lowest BCUT2D eigenvalue weighted by atomic mass is 9.75. The third-order valence-electron chi connectivity index (χ3n) is 3.28. The van der Waals surface area contributed by atoms with E-state index in [1.165, 1.54) is 12.8 Å². The van der Waals surface area contributed by atoms with Gasteiger partial charge in [0.1, 0.15) is 5.54 Å². The van der Waals surface area contributed by atoms with Gasteiger partial charge in [-0.2, -0.15) is 5.26 Å². The summed E-state index contributed by atoms with van der Waals surface area (Å²) < 4.78 is 0. The maximum Gasteiger partial charge on any atom is 0.107 e. The van der Waals surface area contributed by atoms with E-state index in [-0.39, 0.29) is 0 Å². The number of nitrogens with zero attached hydrogens (tertiary/aromatic N) is 1. The number of nitrogens with two attached hydrogens (primary N) is 1. The smallest absolute Gasteiger partial charge is 0.107 e. The van der Waals surface area contributed by atoms with Crippen molar-refractivity contribution in [1.82, 2.24) is 0 Å². The van der Waals surface area contributed by atoms with Crippen LogP contribution in [0.2, 0.25) is 0 Å². The molecule has 0 spiro atoms. The maximum absolute atomic E-state index is 9.12. The standard InChI is InChI=1S/C11H20N2/c1-9(2)10-6-4-3-5-7-11(10,13)8-12/h9-10H,3-7,13H2,1-2H3. The molecule has 2 heteroatoms. The first-order chi connectivity index (χ1) is 6.10. The predicted octanol–water partition coefficient (Wildman–Crippen LogP) is 2.44. The average molecular weight is 180 g/mol. The molecule has 13 heavy (non-hydrogen) atoms. The molecular formula is C11H20N2. The van der Waals surface area contributed by atoms with Crippen molar-refractivity contribution in [3.63, 3.8) is 0 Å². The van der Waals surface area contributed by atoms with Crippen molar-refractivity contribution in [2.45, 2.75) is 51.5 Å². The fraction of sp³-hybridized carbons (Fsp3) is 0.909. The Hall–Kier alpha value is -0.550. The van der Waals surface area contributed by atoms with Crippen LogP contribution < -0.4 is 5.73 Å². The third-order valence-corrected chi connectivity index (χ3v) is 3.28. The Morgan fingerprint density at radius 3 is 2.62 bits per heavy atom. The molecule has 74 valence electrons. The highest BCUT2D eigenvalue weighted by Crippen LogP contribution is 2.34. The summed E-state index contributed by atoms with van der Waals surface area (Å²) in [7, 11) is 0. The zero-order valence-electron chi connectivity index (χ0n) is 8.71. The minimum atomic E-state index is -0.551. The van der Waals surface area contributed by atoms with Crippen LogP contribution in [0, 0.1) is 23.2 Å². The van der Waals surface area contributed by atoms with Crippen molar-refractivity contribution < 1.29 is 0 Å². The molecule has 1 fully saturated rings. The Bertz CT molecular complexity index is 205. The predicted molar refractivity (Wildman–Crippen MR) is 53.9 cm³/mol. The van der Waals surface area contributed by atoms with Crippen LogP contribution in [0.15, 0.2) is 0 Å². The van der Waals surface area contributed by atoms with Crippen molar-refractivity contribution in [3.8, 4) is 6.07 Å². The fourth-order valence-electron chi connectivity index (χ4n) is 2.47. The van der Waals surface area contributed by atoms with E-state index in [4.69, 9.17) is 11.0 Å². The van der Waals surface area contributed by atoms with E-state index < -0.39 is 5.54 Å². The summed E-state index contributed by atoms with van der Waals surface area (Å²) in [6.07, 6.45) is 5.61. The van der Waals surface area contributed by atoms with Gasteiger partial charge in [0.05, 0.1) is 6.07 Å². The van der Waals surface area contributed by atoms with E-state index in [0.717, 1.165) is 19.3 Å². The summed E-state index contributed by atoms with van der Waals surface area (Å²) in [4.78, 5) is 0. The molecule has 2 N–H and O–H groups in total. The highest BCUT2D eigenvalue weighted by molar-refractivity contribution is 5.10. The van der Waals surface area contributed by atoms with Gasteiger partial charge in [0.2, 0.25) is 0 Å². The zero-order chi connectivity index (χ0) is 9.90. The van der Waals surface area contributed by atoms with E-state index in [0.29, 0.717) is 11.8 Å². The summed E-state index contributed by atoms with van der Waals surface area (Å²) in [6, 6.07) is 2.33. The van der Waals surface area contributed by atoms with Crippen molar-refractivity contribution in [1.29, 1.82) is 5.26 Å². The fourth-order valence-corrected chi connectivity index (χ4v) is 2.47. The number of nitriles is 1. The van der Waals surface area contributed by atoms with Crippen molar-refractivity contribution in [3.05, 3.63) is 0 Å². The quantitative estimate of drug-likeness (QED) is 0.630. The second-order valence-corrected chi connectivity index (χ2v) is 4.60. The van der Waals surface area contributed by atoms with E-state index in [2.05, 4.69) is 19.9 Å². The summed E-state index contributed by atoms with van der Waals surface area (Å²) >= 11 is 0. The highest BCUT2D eigenvalue weighted by Gasteiger charge is 2.37. The zero-order valence-corrected chi connectivity index (χ0v) is 8.71. The van der Waals surface area contributed by atoms with Crippen LogP contribution in [0.1, 0.15) is 46.0 Å². The SMILES string of the molecule is CC(C)C1CCCCCC1(N)C#N. The van der Waals surface area contributed by atoms with Gasteiger partial charge < -0.3 is 5.73 Å². The summed E-state index contributed by atoms with van der Waals surface area (Å²) in [5.74, 6) is 0.919. The Morgan fingerprint density at radius 1 is 1.38 bits per heavy atom. The molecule has 0 aromatic heterocycles. The largest absolute Gasteiger partial charge is 0.313 e. The van der Waals surface area contributed by atoms with Crippen LogP contribution in [-0.2, 0) is 0 Å². The molecule has 0 aromatic carbocycles. The molecule has 0 aliphatic heterocycles. The molecule has 1 saturated carbocycles. The lowest BCUT2D eigenvalue weighted by Gasteiger charge is -2.32. The number of rotatable bonds is 1. The summed E-state index contributed by atoms with van der Waals surface area (Å²) in [5.41, 5.74) is 5.59. The van der Waals surface area contributed by atoms with Crippen LogP contribution >= 0.6 is 0 Å². The molecule has 2 nitrogen and oxygen atoms in total. The lowest BCUT2D eigenvalue weighted by molar-refractivity contribution is 0.245. The molecular weight excluding hydrogens is 160 g/mol. The van der Waals surface area contributed by atoms with E-state index in [9.17, 15) is 0 Å². The molecule has 1 aliphatic rings. The van der Waals surface area contributed by atoms with Crippen molar-refractivity contribution >= 4 is 0 Å². The highest BCUT2D eigenvalue weighted by atomic mass is 14.8. The maximum atomic E-state index is 9.12. The van der Waals surface area contributed by atoms with Crippen LogP contribution in [0.3, 0.4) is 0 Å². The second-order valence-electron chi connectivity index (χ2n) is 4.60. The first-order valence-corrected chi connectivity index (χ1v) is 5.30. The monoisotopic (exact) mass is 180 g/mol. The summed E-state index contributed by atoms with van der Waals surface area (Å²) in [6.45, 7) is 4.35. The van der Waals surface area contributed by atoms with Crippen LogP contribution in [0.4, 0.5) is 0 Å². The molecule has 0 amide bonds. The average Bonchev–Trinajstić information content (AvgIpc) is 2.27. The minimum absolute atomic E-state index is 0.389. The van der Waals surface area contributed by atoms with Gasteiger partial charge in [0.15, 0.2) is 0 Å². The van der Waals surface area contributed by atoms with Gasteiger partial charge in [-0.1, -0.05) is 33.1 Å². The van der Waals surface area contributed by atoms with Gasteiger partial charge in [-0.3, -0.25) is 0 Å². The van der Waals surface area contributed by atoms with Crippen LogP contribution in [0.5, 0.6) is 0 Å². The molecule has 0 bridgehead atoms. The Kier molecular flexibility index (Phi) is 3.33. The molecule has 0 radical (unpaired) electrons. The van der Waals surface area contributed by atoms with Gasteiger partial charge in [-0.25, -0.2) is 0 Å². The lowest BCUT2D eigenvalue weighted by Crippen LogP contribution is -2.47. The van der Waals surface area contributed by atoms with Gasteiger partial charge in [-0.15, -0.1) is 0 Å². The van der Waals surface area contributed by atoms with Crippen LogP contribution in [0.25, 0.3) is 0 Å². The minimum Gasteiger partial charge on any atom is -0.313 e. The van der Waals surface area contributed by atoms with Gasteiger partial charge >= 0.3 is 0 Å².